The van der Waals surface area contributed by atoms with Crippen molar-refractivity contribution < 1.29 is 26.7 Å². The number of halogens is 2. The van der Waals surface area contributed by atoms with Gasteiger partial charge in [-0.25, -0.2) is 17.2 Å². The molecule has 0 saturated carbocycles. The van der Waals surface area contributed by atoms with Gasteiger partial charge >= 0.3 is 0 Å². The number of rotatable bonds is 5. The van der Waals surface area contributed by atoms with E-state index in [0.29, 0.717) is 17.7 Å². The Morgan fingerprint density at radius 3 is 2.58 bits per heavy atom. The Hall–Kier alpha value is -2.22. The first kappa shape index (κ1) is 18.6. The summed E-state index contributed by atoms with van der Waals surface area (Å²) in [5.41, 5.74) is 1.93. The van der Waals surface area contributed by atoms with Crippen molar-refractivity contribution in [2.45, 2.75) is 26.3 Å². The second-order valence-electron chi connectivity index (χ2n) is 6.50. The van der Waals surface area contributed by atoms with E-state index in [9.17, 15) is 22.0 Å². The van der Waals surface area contributed by atoms with Crippen molar-refractivity contribution in [2.24, 2.45) is 0 Å². The first-order valence-corrected chi connectivity index (χ1v) is 10.00. The minimum Gasteiger partial charge on any atom is -0.485 e. The lowest BCUT2D eigenvalue weighted by Gasteiger charge is -2.16. The highest BCUT2D eigenvalue weighted by Gasteiger charge is 2.31. The van der Waals surface area contributed by atoms with Crippen LogP contribution in [0.5, 0.6) is 5.75 Å². The molecule has 0 radical (unpaired) electrons. The van der Waals surface area contributed by atoms with E-state index in [1.54, 1.807) is 13.0 Å². The third-order valence-electron chi connectivity index (χ3n) is 4.62. The fraction of sp³-hybridized carbons (Fsp3) is 0.389. The quantitative estimate of drug-likeness (QED) is 0.745. The Morgan fingerprint density at radius 1 is 1.23 bits per heavy atom. The Kier molecular flexibility index (Phi) is 4.88. The van der Waals surface area contributed by atoms with Gasteiger partial charge < -0.3 is 9.30 Å². The molecule has 0 spiro atoms. The highest BCUT2D eigenvalue weighted by atomic mass is 32.2. The normalized spacial score (nSPS) is 18.8. The van der Waals surface area contributed by atoms with Crippen LogP contribution in [0.1, 0.15) is 34.2 Å². The average Bonchev–Trinajstić information content (AvgIpc) is 3.07. The van der Waals surface area contributed by atoms with Crippen molar-refractivity contribution in [3.05, 3.63) is 52.9 Å². The van der Waals surface area contributed by atoms with E-state index in [4.69, 9.17) is 4.74 Å². The fourth-order valence-electron chi connectivity index (χ4n) is 3.39. The van der Waals surface area contributed by atoms with Gasteiger partial charge in [0.05, 0.1) is 11.5 Å². The Balaban J connectivity index is 1.76. The third kappa shape index (κ3) is 3.65. The number of aromatic nitrogens is 1. The molecule has 5 nitrogen and oxygen atoms in total. The van der Waals surface area contributed by atoms with E-state index in [1.165, 1.54) is 6.07 Å². The minimum atomic E-state index is -3.04. The van der Waals surface area contributed by atoms with Crippen LogP contribution < -0.4 is 4.74 Å². The number of hydrogen-bond donors (Lipinski definition) is 0. The second kappa shape index (κ2) is 6.83. The molecule has 1 aliphatic rings. The molecule has 0 bridgehead atoms. The zero-order valence-electron chi connectivity index (χ0n) is 14.5. The van der Waals surface area contributed by atoms with Gasteiger partial charge in [-0.1, -0.05) is 0 Å². The first-order chi connectivity index (χ1) is 12.2. The molecule has 26 heavy (non-hydrogen) atoms. The van der Waals surface area contributed by atoms with Crippen molar-refractivity contribution in [2.75, 3.05) is 18.1 Å². The molecule has 0 N–H and O–H groups in total. The zero-order valence-corrected chi connectivity index (χ0v) is 15.3. The molecule has 1 atom stereocenters. The lowest BCUT2D eigenvalue weighted by atomic mass is 10.1. The molecule has 1 aliphatic heterocycles. The molecule has 1 saturated heterocycles. The highest BCUT2D eigenvalue weighted by Crippen LogP contribution is 2.29. The van der Waals surface area contributed by atoms with Crippen LogP contribution in [0.15, 0.2) is 24.3 Å². The standard InChI is InChI=1S/C18H19F2NO4S/c1-11-7-15(12(2)21(11)13-5-6-26(23,24)10-13)18(22)9-25-14-3-4-16(19)17(20)8-14/h3-4,7-8,13H,5-6,9-10H2,1-2H3/t13-/m1/s1. The predicted molar refractivity (Wildman–Crippen MR) is 92.4 cm³/mol. The summed E-state index contributed by atoms with van der Waals surface area (Å²) in [4.78, 5) is 12.5. The molecule has 140 valence electrons. The summed E-state index contributed by atoms with van der Waals surface area (Å²) in [6.45, 7) is 3.27. The van der Waals surface area contributed by atoms with Crippen LogP contribution in [0.3, 0.4) is 0 Å². The molecule has 1 aromatic heterocycles. The molecule has 0 aliphatic carbocycles. The summed E-state index contributed by atoms with van der Waals surface area (Å²) in [5, 5.41) is 0. The second-order valence-corrected chi connectivity index (χ2v) is 8.73. The maximum atomic E-state index is 13.2. The van der Waals surface area contributed by atoms with E-state index in [2.05, 4.69) is 0 Å². The van der Waals surface area contributed by atoms with Crippen molar-refractivity contribution in [1.82, 2.24) is 4.57 Å². The molecule has 3 rings (SSSR count). The van der Waals surface area contributed by atoms with Gasteiger partial charge in [-0.05, 0) is 38.5 Å². The third-order valence-corrected chi connectivity index (χ3v) is 6.37. The summed E-state index contributed by atoms with van der Waals surface area (Å²) in [7, 11) is -3.04. The van der Waals surface area contributed by atoms with E-state index in [-0.39, 0.29) is 35.7 Å². The van der Waals surface area contributed by atoms with Gasteiger partial charge in [-0.15, -0.1) is 0 Å². The van der Waals surface area contributed by atoms with Gasteiger partial charge in [-0.3, -0.25) is 4.79 Å². The lowest BCUT2D eigenvalue weighted by molar-refractivity contribution is 0.0920. The van der Waals surface area contributed by atoms with E-state index in [0.717, 1.165) is 17.8 Å². The van der Waals surface area contributed by atoms with Gasteiger partial charge in [0.25, 0.3) is 0 Å². The molecule has 2 aromatic rings. The number of sulfone groups is 1. The fourth-order valence-corrected chi connectivity index (χ4v) is 5.09. The molecule has 1 aromatic carbocycles. The SMILES string of the molecule is Cc1cc(C(=O)COc2ccc(F)c(F)c2)c(C)n1[C@@H]1CCS(=O)(=O)C1. The van der Waals surface area contributed by atoms with Crippen LogP contribution in [0.2, 0.25) is 0 Å². The number of carbonyl (C=O) groups is 1. The van der Waals surface area contributed by atoms with E-state index >= 15 is 0 Å². The number of nitrogens with zero attached hydrogens (tertiary/aromatic N) is 1. The number of hydrogen-bond acceptors (Lipinski definition) is 4. The average molecular weight is 383 g/mol. The van der Waals surface area contributed by atoms with Gasteiger partial charge in [0, 0.05) is 29.1 Å². The van der Waals surface area contributed by atoms with Crippen LogP contribution in [0, 0.1) is 25.5 Å². The number of aryl methyl sites for hydroxylation is 1. The predicted octanol–water partition coefficient (Wildman–Crippen LogP) is 3.00. The molecule has 8 heteroatoms. The van der Waals surface area contributed by atoms with Crippen LogP contribution in [0.4, 0.5) is 8.78 Å². The Labute approximate surface area is 150 Å². The van der Waals surface area contributed by atoms with Gasteiger partial charge in [0.15, 0.2) is 28.1 Å². The summed E-state index contributed by atoms with van der Waals surface area (Å²) in [6.07, 6.45) is 0.525. The number of benzene rings is 1. The van der Waals surface area contributed by atoms with Gasteiger partial charge in [0.1, 0.15) is 5.75 Å². The van der Waals surface area contributed by atoms with E-state index in [1.807, 2.05) is 11.5 Å². The summed E-state index contributed by atoms with van der Waals surface area (Å²) < 4.78 is 56.7. The minimum absolute atomic E-state index is 0.0629. The summed E-state index contributed by atoms with van der Waals surface area (Å²) in [6, 6.07) is 4.60. The van der Waals surface area contributed by atoms with Crippen LogP contribution in [0.25, 0.3) is 0 Å². The lowest BCUT2D eigenvalue weighted by Crippen LogP contribution is -2.16. The Bertz CT molecular complexity index is 966. The molecule has 2 heterocycles. The topological polar surface area (TPSA) is 65.4 Å². The maximum Gasteiger partial charge on any atom is 0.202 e. The Morgan fingerprint density at radius 2 is 1.96 bits per heavy atom. The first-order valence-electron chi connectivity index (χ1n) is 8.18. The molecule has 1 fully saturated rings. The van der Waals surface area contributed by atoms with Crippen LogP contribution in [-0.4, -0.2) is 36.9 Å². The number of ether oxygens (including phenoxy) is 1. The molecular formula is C18H19F2NO4S. The number of Topliss-reactive ketones (excluding diaryl/α,β-unsaturated/α-hetero) is 1. The highest BCUT2D eigenvalue weighted by molar-refractivity contribution is 7.91. The monoisotopic (exact) mass is 383 g/mol. The van der Waals surface area contributed by atoms with Gasteiger partial charge in [-0.2, -0.15) is 0 Å². The van der Waals surface area contributed by atoms with E-state index < -0.39 is 21.5 Å². The number of ketones is 1. The van der Waals surface area contributed by atoms with Crippen molar-refractivity contribution in [1.29, 1.82) is 0 Å². The zero-order chi connectivity index (χ0) is 19.1. The summed E-state index contributed by atoms with van der Waals surface area (Å²) >= 11 is 0. The smallest absolute Gasteiger partial charge is 0.202 e. The largest absolute Gasteiger partial charge is 0.485 e. The number of carbonyl (C=O) groups excluding carboxylic acids is 1. The molecule has 0 unspecified atom stereocenters. The maximum absolute atomic E-state index is 13.2. The van der Waals surface area contributed by atoms with Crippen LogP contribution >= 0.6 is 0 Å². The van der Waals surface area contributed by atoms with Crippen molar-refractivity contribution in [3.63, 3.8) is 0 Å². The molecular weight excluding hydrogens is 364 g/mol. The van der Waals surface area contributed by atoms with Crippen molar-refractivity contribution >= 4 is 15.6 Å². The van der Waals surface area contributed by atoms with Crippen LogP contribution in [-0.2, 0) is 9.84 Å². The van der Waals surface area contributed by atoms with Gasteiger partial charge in [0.2, 0.25) is 5.78 Å². The molecule has 0 amide bonds. The van der Waals surface area contributed by atoms with Crippen molar-refractivity contribution in [3.8, 4) is 5.75 Å². The summed E-state index contributed by atoms with van der Waals surface area (Å²) in [5.74, 6) is -2.06.